The summed E-state index contributed by atoms with van der Waals surface area (Å²) in [5.74, 6) is 1.52. The van der Waals surface area contributed by atoms with E-state index in [0.717, 1.165) is 16.9 Å². The van der Waals surface area contributed by atoms with E-state index >= 15 is 0 Å². The maximum atomic E-state index is 12.2. The Hall–Kier alpha value is -1.51. The number of amides is 1. The Balaban J connectivity index is 2.80. The second-order valence-electron chi connectivity index (χ2n) is 6.50. The molecule has 21 heavy (non-hydrogen) atoms. The maximum absolute atomic E-state index is 12.2. The summed E-state index contributed by atoms with van der Waals surface area (Å²) in [5.41, 5.74) is 2.27. The molecular formula is C18H29NO2. The lowest BCUT2D eigenvalue weighted by atomic mass is 10.0. The van der Waals surface area contributed by atoms with Crippen molar-refractivity contribution >= 4 is 5.91 Å². The van der Waals surface area contributed by atoms with Crippen LogP contribution < -0.4 is 10.1 Å². The van der Waals surface area contributed by atoms with Gasteiger partial charge in [-0.25, -0.2) is 0 Å². The molecule has 0 radical (unpaired) electrons. The number of nitrogens with one attached hydrogen (secondary N) is 1. The standard InChI is InChI=1S/C18H29NO2/c1-11(2)14(6)19-18(20)15(7)21-17-10-13(5)8-9-16(17)12(3)4/h8-12,14-15H,1-7H3,(H,19,20)/t14-,15+/m1/s1. The number of benzene rings is 1. The topological polar surface area (TPSA) is 38.3 Å². The first-order valence-corrected chi connectivity index (χ1v) is 7.80. The van der Waals surface area contributed by atoms with Crippen molar-refractivity contribution in [2.45, 2.75) is 66.5 Å². The Morgan fingerprint density at radius 3 is 2.24 bits per heavy atom. The number of ether oxygens (including phenoxy) is 1. The zero-order chi connectivity index (χ0) is 16.2. The summed E-state index contributed by atoms with van der Waals surface area (Å²) in [6.45, 7) is 14.3. The molecule has 2 atom stereocenters. The van der Waals surface area contributed by atoms with E-state index in [0.29, 0.717) is 11.8 Å². The molecule has 0 spiro atoms. The number of rotatable bonds is 6. The molecule has 0 heterocycles. The van der Waals surface area contributed by atoms with E-state index < -0.39 is 6.10 Å². The molecule has 0 unspecified atom stereocenters. The van der Waals surface area contributed by atoms with Gasteiger partial charge in [0.25, 0.3) is 5.91 Å². The van der Waals surface area contributed by atoms with Crippen molar-refractivity contribution in [1.82, 2.24) is 5.32 Å². The van der Waals surface area contributed by atoms with Gasteiger partial charge in [-0.1, -0.05) is 39.8 Å². The molecule has 0 saturated carbocycles. The maximum Gasteiger partial charge on any atom is 0.260 e. The molecule has 1 aromatic carbocycles. The van der Waals surface area contributed by atoms with E-state index in [1.807, 2.05) is 19.9 Å². The molecule has 0 saturated heterocycles. The van der Waals surface area contributed by atoms with E-state index in [4.69, 9.17) is 4.74 Å². The van der Waals surface area contributed by atoms with Gasteiger partial charge in [-0.15, -0.1) is 0 Å². The molecular weight excluding hydrogens is 262 g/mol. The zero-order valence-corrected chi connectivity index (χ0v) is 14.4. The summed E-state index contributed by atoms with van der Waals surface area (Å²) in [6.07, 6.45) is -0.495. The first-order chi connectivity index (χ1) is 9.72. The van der Waals surface area contributed by atoms with E-state index in [1.165, 1.54) is 0 Å². The van der Waals surface area contributed by atoms with E-state index in [2.05, 4.69) is 45.1 Å². The zero-order valence-electron chi connectivity index (χ0n) is 14.4. The van der Waals surface area contributed by atoms with Crippen LogP contribution in [0.25, 0.3) is 0 Å². The van der Waals surface area contributed by atoms with Crippen LogP contribution in [0.2, 0.25) is 0 Å². The summed E-state index contributed by atoms with van der Waals surface area (Å²) in [6, 6.07) is 6.31. The average molecular weight is 291 g/mol. The minimum absolute atomic E-state index is 0.0626. The molecule has 0 fully saturated rings. The Kier molecular flexibility index (Phi) is 6.25. The fourth-order valence-corrected chi connectivity index (χ4v) is 1.97. The quantitative estimate of drug-likeness (QED) is 0.858. The van der Waals surface area contributed by atoms with Crippen molar-refractivity contribution in [2.75, 3.05) is 0 Å². The Labute approximate surface area is 129 Å². The third-order valence-electron chi connectivity index (χ3n) is 3.83. The van der Waals surface area contributed by atoms with Gasteiger partial charge in [0.05, 0.1) is 0 Å². The van der Waals surface area contributed by atoms with Gasteiger partial charge in [0.2, 0.25) is 0 Å². The first-order valence-electron chi connectivity index (χ1n) is 7.80. The smallest absolute Gasteiger partial charge is 0.260 e. The third-order valence-corrected chi connectivity index (χ3v) is 3.83. The van der Waals surface area contributed by atoms with Crippen molar-refractivity contribution in [3.05, 3.63) is 29.3 Å². The summed E-state index contributed by atoms with van der Waals surface area (Å²) in [7, 11) is 0. The summed E-state index contributed by atoms with van der Waals surface area (Å²) in [4.78, 5) is 12.2. The van der Waals surface area contributed by atoms with Crippen LogP contribution in [0, 0.1) is 12.8 Å². The number of hydrogen-bond acceptors (Lipinski definition) is 2. The molecule has 1 amide bonds. The summed E-state index contributed by atoms with van der Waals surface area (Å²) < 4.78 is 5.92. The van der Waals surface area contributed by atoms with Crippen LogP contribution in [0.4, 0.5) is 0 Å². The molecule has 3 nitrogen and oxygen atoms in total. The van der Waals surface area contributed by atoms with Crippen LogP contribution in [0.5, 0.6) is 5.75 Å². The molecule has 0 aromatic heterocycles. The molecule has 1 aromatic rings. The van der Waals surface area contributed by atoms with Gasteiger partial charge in [0.1, 0.15) is 5.75 Å². The van der Waals surface area contributed by atoms with Gasteiger partial charge in [-0.3, -0.25) is 4.79 Å². The normalized spacial score (nSPS) is 14.1. The molecule has 0 aliphatic rings. The molecule has 118 valence electrons. The molecule has 0 aliphatic carbocycles. The lowest BCUT2D eigenvalue weighted by Gasteiger charge is -2.22. The monoisotopic (exact) mass is 291 g/mol. The minimum Gasteiger partial charge on any atom is -0.481 e. The second kappa shape index (κ2) is 7.48. The van der Waals surface area contributed by atoms with Crippen LogP contribution in [0.15, 0.2) is 18.2 Å². The molecule has 1 N–H and O–H groups in total. The van der Waals surface area contributed by atoms with Crippen molar-refractivity contribution in [2.24, 2.45) is 5.92 Å². The lowest BCUT2D eigenvalue weighted by molar-refractivity contribution is -0.128. The average Bonchev–Trinajstić information content (AvgIpc) is 2.37. The van der Waals surface area contributed by atoms with Crippen molar-refractivity contribution in [3.63, 3.8) is 0 Å². The molecule has 1 rings (SSSR count). The molecule has 0 bridgehead atoms. The first kappa shape index (κ1) is 17.5. The number of hydrogen-bond donors (Lipinski definition) is 1. The van der Waals surface area contributed by atoms with Gasteiger partial charge in [0.15, 0.2) is 6.10 Å². The van der Waals surface area contributed by atoms with Crippen molar-refractivity contribution in [3.8, 4) is 5.75 Å². The predicted molar refractivity (Wildman–Crippen MR) is 87.8 cm³/mol. The highest BCUT2D eigenvalue weighted by atomic mass is 16.5. The molecule has 3 heteroatoms. The Morgan fingerprint density at radius 2 is 1.71 bits per heavy atom. The van der Waals surface area contributed by atoms with Crippen molar-refractivity contribution < 1.29 is 9.53 Å². The van der Waals surface area contributed by atoms with Crippen LogP contribution in [-0.4, -0.2) is 18.1 Å². The van der Waals surface area contributed by atoms with Crippen LogP contribution in [0.1, 0.15) is 58.6 Å². The minimum atomic E-state index is -0.495. The van der Waals surface area contributed by atoms with E-state index in [-0.39, 0.29) is 11.9 Å². The largest absolute Gasteiger partial charge is 0.481 e. The Morgan fingerprint density at radius 1 is 1.10 bits per heavy atom. The van der Waals surface area contributed by atoms with Crippen LogP contribution in [-0.2, 0) is 4.79 Å². The van der Waals surface area contributed by atoms with E-state index in [9.17, 15) is 4.79 Å². The summed E-state index contributed by atoms with van der Waals surface area (Å²) >= 11 is 0. The van der Waals surface area contributed by atoms with Crippen LogP contribution in [0.3, 0.4) is 0 Å². The highest BCUT2D eigenvalue weighted by Gasteiger charge is 2.20. The lowest BCUT2D eigenvalue weighted by Crippen LogP contribution is -2.43. The van der Waals surface area contributed by atoms with Gasteiger partial charge < -0.3 is 10.1 Å². The number of carbonyl (C=O) groups excluding carboxylic acids is 1. The van der Waals surface area contributed by atoms with Crippen molar-refractivity contribution in [1.29, 1.82) is 0 Å². The van der Waals surface area contributed by atoms with Gasteiger partial charge in [0, 0.05) is 6.04 Å². The number of carbonyl (C=O) groups is 1. The summed E-state index contributed by atoms with van der Waals surface area (Å²) in [5, 5.41) is 3.00. The number of aryl methyl sites for hydroxylation is 1. The highest BCUT2D eigenvalue weighted by molar-refractivity contribution is 5.81. The molecule has 0 aliphatic heterocycles. The third kappa shape index (κ3) is 5.07. The van der Waals surface area contributed by atoms with Gasteiger partial charge in [-0.2, -0.15) is 0 Å². The van der Waals surface area contributed by atoms with Gasteiger partial charge >= 0.3 is 0 Å². The SMILES string of the molecule is Cc1ccc(C(C)C)c(O[C@@H](C)C(=O)N[C@H](C)C(C)C)c1. The fraction of sp³-hybridized carbons (Fsp3) is 0.611. The second-order valence-corrected chi connectivity index (χ2v) is 6.50. The highest BCUT2D eigenvalue weighted by Crippen LogP contribution is 2.28. The Bertz CT molecular complexity index is 480. The van der Waals surface area contributed by atoms with E-state index in [1.54, 1.807) is 6.92 Å². The van der Waals surface area contributed by atoms with Gasteiger partial charge in [-0.05, 0) is 49.8 Å². The fourth-order valence-electron chi connectivity index (χ4n) is 1.97. The predicted octanol–water partition coefficient (Wildman–Crippen LogP) is 4.05. The van der Waals surface area contributed by atoms with Crippen LogP contribution >= 0.6 is 0 Å².